The highest BCUT2D eigenvalue weighted by Crippen LogP contribution is 2.24. The molecule has 1 fully saturated rings. The molecule has 0 aliphatic carbocycles. The average molecular weight is 254 g/mol. The van der Waals surface area contributed by atoms with Crippen molar-refractivity contribution in [2.75, 3.05) is 32.7 Å². The van der Waals surface area contributed by atoms with Gasteiger partial charge in [0.15, 0.2) is 0 Å². The van der Waals surface area contributed by atoms with Gasteiger partial charge in [-0.2, -0.15) is 0 Å². The molecule has 1 unspecified atom stereocenters. The van der Waals surface area contributed by atoms with Crippen LogP contribution >= 0.6 is 0 Å². The van der Waals surface area contributed by atoms with Crippen molar-refractivity contribution in [3.05, 3.63) is 0 Å². The lowest BCUT2D eigenvalue weighted by Crippen LogP contribution is -2.29. The summed E-state index contributed by atoms with van der Waals surface area (Å²) in [6.07, 6.45) is 5.57. The van der Waals surface area contributed by atoms with E-state index in [9.17, 15) is 0 Å². The monoisotopic (exact) mass is 254 g/mol. The lowest BCUT2D eigenvalue weighted by atomic mass is 9.89. The first-order valence-electron chi connectivity index (χ1n) is 8.02. The van der Waals surface area contributed by atoms with Crippen LogP contribution in [0.15, 0.2) is 0 Å². The second kappa shape index (κ2) is 8.92. The minimum Gasteiger partial charge on any atom is -0.316 e. The van der Waals surface area contributed by atoms with Gasteiger partial charge >= 0.3 is 0 Å². The van der Waals surface area contributed by atoms with Crippen LogP contribution in [0.2, 0.25) is 0 Å². The van der Waals surface area contributed by atoms with Gasteiger partial charge in [-0.1, -0.05) is 27.7 Å². The topological polar surface area (TPSA) is 15.3 Å². The average Bonchev–Trinajstić information content (AvgIpc) is 2.53. The van der Waals surface area contributed by atoms with E-state index in [0.29, 0.717) is 0 Å². The molecule has 0 saturated carbocycles. The summed E-state index contributed by atoms with van der Waals surface area (Å²) in [6, 6.07) is 0. The van der Waals surface area contributed by atoms with Crippen LogP contribution in [0.4, 0.5) is 0 Å². The van der Waals surface area contributed by atoms with Gasteiger partial charge in [-0.05, 0) is 76.2 Å². The van der Waals surface area contributed by atoms with E-state index in [1.165, 1.54) is 51.9 Å². The summed E-state index contributed by atoms with van der Waals surface area (Å²) in [6.45, 7) is 15.6. The largest absolute Gasteiger partial charge is 0.316 e. The van der Waals surface area contributed by atoms with Gasteiger partial charge in [0.2, 0.25) is 0 Å². The van der Waals surface area contributed by atoms with E-state index in [0.717, 1.165) is 24.3 Å². The van der Waals surface area contributed by atoms with Crippen LogP contribution in [0.25, 0.3) is 0 Å². The molecule has 0 aromatic rings. The molecule has 0 bridgehead atoms. The smallest absolute Gasteiger partial charge is 0.000664 e. The van der Waals surface area contributed by atoms with Crippen molar-refractivity contribution >= 4 is 0 Å². The molecule has 1 rings (SSSR count). The summed E-state index contributed by atoms with van der Waals surface area (Å²) in [5, 5.41) is 3.54. The van der Waals surface area contributed by atoms with Gasteiger partial charge in [0, 0.05) is 0 Å². The summed E-state index contributed by atoms with van der Waals surface area (Å²) in [5.41, 5.74) is 0. The van der Waals surface area contributed by atoms with Crippen LogP contribution in [-0.2, 0) is 0 Å². The zero-order valence-corrected chi connectivity index (χ0v) is 13.0. The Balaban J connectivity index is 2.08. The molecule has 18 heavy (non-hydrogen) atoms. The molecule has 1 saturated heterocycles. The second-order valence-electron chi connectivity index (χ2n) is 6.73. The van der Waals surface area contributed by atoms with E-state index in [1.807, 2.05) is 0 Å². The van der Waals surface area contributed by atoms with E-state index in [2.05, 4.69) is 37.9 Å². The van der Waals surface area contributed by atoms with Crippen molar-refractivity contribution in [1.82, 2.24) is 10.2 Å². The molecule has 0 spiro atoms. The zero-order valence-electron chi connectivity index (χ0n) is 13.0. The van der Waals surface area contributed by atoms with Crippen LogP contribution in [0.1, 0.15) is 53.4 Å². The Kier molecular flexibility index (Phi) is 7.92. The van der Waals surface area contributed by atoms with Crippen molar-refractivity contribution in [1.29, 1.82) is 0 Å². The summed E-state index contributed by atoms with van der Waals surface area (Å²) in [4.78, 5) is 2.68. The quantitative estimate of drug-likeness (QED) is 0.701. The van der Waals surface area contributed by atoms with Crippen molar-refractivity contribution in [3.63, 3.8) is 0 Å². The Hall–Kier alpha value is -0.0800. The standard InChI is InChI=1S/C16H34N2/c1-14(2)13-17-9-6-11-18-10-5-7-16(8-12-18)15(3)4/h14-17H,5-13H2,1-4H3. The lowest BCUT2D eigenvalue weighted by molar-refractivity contribution is 0.267. The summed E-state index contributed by atoms with van der Waals surface area (Å²) in [5.74, 6) is 2.61. The molecule has 108 valence electrons. The molecule has 1 N–H and O–H groups in total. The number of rotatable bonds is 7. The fourth-order valence-electron chi connectivity index (χ4n) is 2.89. The summed E-state index contributed by atoms with van der Waals surface area (Å²) >= 11 is 0. The van der Waals surface area contributed by atoms with Gasteiger partial charge in [-0.3, -0.25) is 0 Å². The first-order valence-corrected chi connectivity index (χ1v) is 8.02. The Bertz CT molecular complexity index is 201. The van der Waals surface area contributed by atoms with Crippen molar-refractivity contribution in [2.24, 2.45) is 17.8 Å². The Morgan fingerprint density at radius 3 is 2.56 bits per heavy atom. The van der Waals surface area contributed by atoms with Gasteiger partial charge in [-0.15, -0.1) is 0 Å². The zero-order chi connectivity index (χ0) is 13.4. The molecular formula is C16H34N2. The molecule has 2 heteroatoms. The van der Waals surface area contributed by atoms with E-state index >= 15 is 0 Å². The third kappa shape index (κ3) is 6.75. The van der Waals surface area contributed by atoms with Crippen LogP contribution in [0.3, 0.4) is 0 Å². The Labute approximate surface area is 115 Å². The maximum Gasteiger partial charge on any atom is -0.000664 e. The highest BCUT2D eigenvalue weighted by atomic mass is 15.1. The Morgan fingerprint density at radius 1 is 1.11 bits per heavy atom. The number of likely N-dealkylation sites (tertiary alicyclic amines) is 1. The molecule has 0 radical (unpaired) electrons. The van der Waals surface area contributed by atoms with Crippen LogP contribution in [-0.4, -0.2) is 37.6 Å². The molecule has 1 aliphatic rings. The third-order valence-electron chi connectivity index (χ3n) is 4.19. The number of nitrogens with zero attached hydrogens (tertiary/aromatic N) is 1. The van der Waals surface area contributed by atoms with Gasteiger partial charge in [0.1, 0.15) is 0 Å². The Morgan fingerprint density at radius 2 is 1.89 bits per heavy atom. The highest BCUT2D eigenvalue weighted by Gasteiger charge is 2.18. The molecule has 0 aromatic heterocycles. The third-order valence-corrected chi connectivity index (χ3v) is 4.19. The predicted molar refractivity (Wildman–Crippen MR) is 80.9 cm³/mol. The number of hydrogen-bond acceptors (Lipinski definition) is 2. The van der Waals surface area contributed by atoms with Crippen LogP contribution in [0, 0.1) is 17.8 Å². The van der Waals surface area contributed by atoms with Crippen LogP contribution in [0.5, 0.6) is 0 Å². The maximum absolute atomic E-state index is 3.54. The summed E-state index contributed by atoms with van der Waals surface area (Å²) < 4.78 is 0. The van der Waals surface area contributed by atoms with Crippen molar-refractivity contribution in [2.45, 2.75) is 53.4 Å². The lowest BCUT2D eigenvalue weighted by Gasteiger charge is -2.21. The van der Waals surface area contributed by atoms with Gasteiger partial charge in [0.05, 0.1) is 0 Å². The highest BCUT2D eigenvalue weighted by molar-refractivity contribution is 4.72. The van der Waals surface area contributed by atoms with Gasteiger partial charge in [-0.25, -0.2) is 0 Å². The summed E-state index contributed by atoms with van der Waals surface area (Å²) in [7, 11) is 0. The SMILES string of the molecule is CC(C)CNCCCN1CCCC(C(C)C)CC1. The van der Waals surface area contributed by atoms with Crippen LogP contribution < -0.4 is 5.32 Å². The van der Waals surface area contributed by atoms with E-state index in [4.69, 9.17) is 0 Å². The fourth-order valence-corrected chi connectivity index (χ4v) is 2.89. The maximum atomic E-state index is 3.54. The minimum atomic E-state index is 0.773. The first kappa shape index (κ1) is 16.0. The number of hydrogen-bond donors (Lipinski definition) is 1. The van der Waals surface area contributed by atoms with Gasteiger partial charge in [0.25, 0.3) is 0 Å². The van der Waals surface area contributed by atoms with E-state index < -0.39 is 0 Å². The molecule has 1 atom stereocenters. The fraction of sp³-hybridized carbons (Fsp3) is 1.00. The minimum absolute atomic E-state index is 0.773. The molecular weight excluding hydrogens is 220 g/mol. The molecule has 2 nitrogen and oxygen atoms in total. The predicted octanol–water partition coefficient (Wildman–Crippen LogP) is 3.38. The molecule has 0 aromatic carbocycles. The molecule has 1 heterocycles. The number of nitrogens with one attached hydrogen (secondary N) is 1. The first-order chi connectivity index (χ1) is 8.59. The second-order valence-corrected chi connectivity index (χ2v) is 6.73. The molecule has 0 amide bonds. The van der Waals surface area contributed by atoms with Crippen molar-refractivity contribution < 1.29 is 0 Å². The molecule has 1 aliphatic heterocycles. The van der Waals surface area contributed by atoms with E-state index in [1.54, 1.807) is 0 Å². The van der Waals surface area contributed by atoms with E-state index in [-0.39, 0.29) is 0 Å². The van der Waals surface area contributed by atoms with Crippen molar-refractivity contribution in [3.8, 4) is 0 Å². The van der Waals surface area contributed by atoms with Gasteiger partial charge < -0.3 is 10.2 Å². The normalized spacial score (nSPS) is 22.7.